The number of aryl methyl sites for hydroxylation is 1. The van der Waals surface area contributed by atoms with Gasteiger partial charge in [0.05, 0.1) is 0 Å². The lowest BCUT2D eigenvalue weighted by Crippen LogP contribution is -2.13. The van der Waals surface area contributed by atoms with Crippen molar-refractivity contribution in [3.8, 4) is 5.69 Å². The largest absolute Gasteiger partial charge is 0.288 e. The fourth-order valence-corrected chi connectivity index (χ4v) is 2.32. The molecule has 0 bridgehead atoms. The van der Waals surface area contributed by atoms with Crippen LogP contribution in [0.3, 0.4) is 0 Å². The van der Waals surface area contributed by atoms with Gasteiger partial charge in [0, 0.05) is 22.5 Å². The van der Waals surface area contributed by atoms with Crippen LogP contribution in [0.15, 0.2) is 45.9 Å². The van der Waals surface area contributed by atoms with E-state index in [9.17, 15) is 0 Å². The summed E-state index contributed by atoms with van der Waals surface area (Å²) < 4.78 is 2.11. The Labute approximate surface area is 105 Å². The van der Waals surface area contributed by atoms with E-state index in [0.717, 1.165) is 16.2 Å². The van der Waals surface area contributed by atoms with Crippen LogP contribution < -0.4 is 4.80 Å². The summed E-state index contributed by atoms with van der Waals surface area (Å²) in [5.74, 6) is 0. The summed E-state index contributed by atoms with van der Waals surface area (Å²) in [6.07, 6.45) is 0. The molecule has 0 aliphatic rings. The Balaban J connectivity index is 2.59. The van der Waals surface area contributed by atoms with Crippen LogP contribution >= 0.6 is 11.3 Å². The van der Waals surface area contributed by atoms with Crippen molar-refractivity contribution >= 4 is 17.0 Å². The molecule has 0 N–H and O–H groups in total. The summed E-state index contributed by atoms with van der Waals surface area (Å²) in [5, 5.41) is 10.5. The van der Waals surface area contributed by atoms with Gasteiger partial charge in [-0.3, -0.25) is 4.57 Å². The average Bonchev–Trinajstić information content (AvgIpc) is 2.69. The van der Waals surface area contributed by atoms with Crippen LogP contribution in [0, 0.1) is 6.92 Å². The van der Waals surface area contributed by atoms with Crippen LogP contribution in [0.25, 0.3) is 5.69 Å². The summed E-state index contributed by atoms with van der Waals surface area (Å²) in [6.45, 7) is 5.96. The van der Waals surface area contributed by atoms with Crippen LogP contribution in [0.5, 0.6) is 0 Å². The molecule has 0 saturated heterocycles. The maximum Gasteiger partial charge on any atom is 0.215 e. The highest BCUT2D eigenvalue weighted by Crippen LogP contribution is 2.09. The SMILES string of the molecule is CC(C)=NN=c1scc(C)n1-c1ccccc1. The van der Waals surface area contributed by atoms with E-state index in [1.165, 1.54) is 5.69 Å². The van der Waals surface area contributed by atoms with Crippen molar-refractivity contribution in [1.29, 1.82) is 0 Å². The first-order chi connectivity index (χ1) is 8.18. The molecule has 0 aliphatic carbocycles. The first-order valence-corrected chi connectivity index (χ1v) is 6.34. The van der Waals surface area contributed by atoms with Gasteiger partial charge in [0.15, 0.2) is 0 Å². The van der Waals surface area contributed by atoms with E-state index in [4.69, 9.17) is 0 Å². The van der Waals surface area contributed by atoms with Gasteiger partial charge in [-0.25, -0.2) is 0 Å². The Morgan fingerprint density at radius 2 is 1.88 bits per heavy atom. The number of para-hydroxylation sites is 1. The van der Waals surface area contributed by atoms with Crippen LogP contribution in [-0.2, 0) is 0 Å². The monoisotopic (exact) mass is 245 g/mol. The quantitative estimate of drug-likeness (QED) is 0.575. The van der Waals surface area contributed by atoms with Gasteiger partial charge in [0.2, 0.25) is 4.80 Å². The fourth-order valence-electron chi connectivity index (χ4n) is 1.50. The first-order valence-electron chi connectivity index (χ1n) is 5.46. The lowest BCUT2D eigenvalue weighted by atomic mass is 10.3. The molecule has 0 saturated carbocycles. The van der Waals surface area contributed by atoms with E-state index in [0.29, 0.717) is 0 Å². The number of nitrogens with zero attached hydrogens (tertiary/aromatic N) is 3. The van der Waals surface area contributed by atoms with Crippen LogP contribution in [0.1, 0.15) is 19.5 Å². The van der Waals surface area contributed by atoms with Gasteiger partial charge in [-0.15, -0.1) is 16.4 Å². The van der Waals surface area contributed by atoms with Gasteiger partial charge in [-0.2, -0.15) is 5.10 Å². The third-order valence-electron chi connectivity index (χ3n) is 2.23. The molecule has 0 spiro atoms. The number of aromatic nitrogens is 1. The normalized spacial score (nSPS) is 11.6. The Hall–Kier alpha value is -1.68. The van der Waals surface area contributed by atoms with E-state index in [1.807, 2.05) is 32.0 Å². The van der Waals surface area contributed by atoms with Crippen LogP contribution in [0.4, 0.5) is 0 Å². The van der Waals surface area contributed by atoms with Gasteiger partial charge in [-0.05, 0) is 32.9 Å². The minimum atomic E-state index is 0.898. The molecule has 0 fully saturated rings. The number of hydrogen-bond donors (Lipinski definition) is 0. The lowest BCUT2D eigenvalue weighted by molar-refractivity contribution is 0.925. The van der Waals surface area contributed by atoms with Crippen molar-refractivity contribution in [3.05, 3.63) is 46.2 Å². The van der Waals surface area contributed by atoms with Crippen molar-refractivity contribution in [2.75, 3.05) is 0 Å². The third kappa shape index (κ3) is 2.71. The second-order valence-electron chi connectivity index (χ2n) is 3.98. The van der Waals surface area contributed by atoms with Gasteiger partial charge in [-0.1, -0.05) is 18.2 Å². The summed E-state index contributed by atoms with van der Waals surface area (Å²) >= 11 is 1.60. The molecule has 2 aromatic rings. The highest BCUT2D eigenvalue weighted by molar-refractivity contribution is 7.07. The van der Waals surface area contributed by atoms with E-state index >= 15 is 0 Å². The molecule has 4 heteroatoms. The topological polar surface area (TPSA) is 29.6 Å². The van der Waals surface area contributed by atoms with E-state index < -0.39 is 0 Å². The Bertz CT molecular complexity index is 587. The standard InChI is InChI=1S/C13H15N3S/c1-10(2)14-15-13-16(11(3)9-17-13)12-7-5-4-6-8-12/h4-9H,1-3H3. The zero-order valence-electron chi connectivity index (χ0n) is 10.2. The minimum absolute atomic E-state index is 0.898. The summed E-state index contributed by atoms with van der Waals surface area (Å²) in [4.78, 5) is 0.898. The van der Waals surface area contributed by atoms with Gasteiger partial charge >= 0.3 is 0 Å². The van der Waals surface area contributed by atoms with Crippen molar-refractivity contribution in [1.82, 2.24) is 4.57 Å². The van der Waals surface area contributed by atoms with E-state index in [1.54, 1.807) is 11.3 Å². The lowest BCUT2D eigenvalue weighted by Gasteiger charge is -2.04. The van der Waals surface area contributed by atoms with Crippen molar-refractivity contribution in [2.24, 2.45) is 10.2 Å². The van der Waals surface area contributed by atoms with E-state index in [2.05, 4.69) is 39.2 Å². The molecule has 0 aliphatic heterocycles. The molecule has 88 valence electrons. The van der Waals surface area contributed by atoms with Crippen molar-refractivity contribution in [3.63, 3.8) is 0 Å². The second kappa shape index (κ2) is 5.10. The first kappa shape index (κ1) is 11.8. The molecule has 0 radical (unpaired) electrons. The smallest absolute Gasteiger partial charge is 0.215 e. The zero-order valence-corrected chi connectivity index (χ0v) is 11.0. The number of rotatable bonds is 2. The Morgan fingerprint density at radius 3 is 2.53 bits per heavy atom. The van der Waals surface area contributed by atoms with E-state index in [-0.39, 0.29) is 0 Å². The zero-order chi connectivity index (χ0) is 12.3. The number of benzene rings is 1. The second-order valence-corrected chi connectivity index (χ2v) is 4.81. The summed E-state index contributed by atoms with van der Waals surface area (Å²) in [7, 11) is 0. The van der Waals surface area contributed by atoms with Gasteiger partial charge in [0.1, 0.15) is 0 Å². The predicted octanol–water partition coefficient (Wildman–Crippen LogP) is 3.14. The molecular weight excluding hydrogens is 230 g/mol. The fraction of sp³-hybridized carbons (Fsp3) is 0.231. The molecule has 3 nitrogen and oxygen atoms in total. The number of hydrogen-bond acceptors (Lipinski definition) is 3. The molecule has 2 rings (SSSR count). The van der Waals surface area contributed by atoms with Gasteiger partial charge < -0.3 is 0 Å². The molecule has 0 unspecified atom stereocenters. The average molecular weight is 245 g/mol. The molecule has 0 atom stereocenters. The predicted molar refractivity (Wildman–Crippen MR) is 72.7 cm³/mol. The highest BCUT2D eigenvalue weighted by Gasteiger charge is 2.02. The minimum Gasteiger partial charge on any atom is -0.288 e. The molecule has 1 aromatic carbocycles. The van der Waals surface area contributed by atoms with Crippen LogP contribution in [0.2, 0.25) is 0 Å². The molecular formula is C13H15N3S. The summed E-state index contributed by atoms with van der Waals surface area (Å²) in [5.41, 5.74) is 3.24. The maximum atomic E-state index is 4.27. The van der Waals surface area contributed by atoms with Crippen LogP contribution in [-0.4, -0.2) is 10.3 Å². The Morgan fingerprint density at radius 1 is 1.18 bits per heavy atom. The molecule has 1 aromatic heterocycles. The molecule has 0 amide bonds. The number of thiazole rings is 1. The third-order valence-corrected chi connectivity index (χ3v) is 3.16. The van der Waals surface area contributed by atoms with Gasteiger partial charge in [0.25, 0.3) is 0 Å². The summed E-state index contributed by atoms with van der Waals surface area (Å²) in [6, 6.07) is 10.2. The highest BCUT2D eigenvalue weighted by atomic mass is 32.1. The van der Waals surface area contributed by atoms with Crippen molar-refractivity contribution < 1.29 is 0 Å². The maximum absolute atomic E-state index is 4.27. The molecule has 1 heterocycles. The Kier molecular flexibility index (Phi) is 3.54. The van der Waals surface area contributed by atoms with Crippen molar-refractivity contribution in [2.45, 2.75) is 20.8 Å². The molecule has 17 heavy (non-hydrogen) atoms.